The van der Waals surface area contributed by atoms with Gasteiger partial charge in [0.2, 0.25) is 0 Å². The van der Waals surface area contributed by atoms with Gasteiger partial charge in [-0.2, -0.15) is 0 Å². The molecule has 0 aromatic carbocycles. The van der Waals surface area contributed by atoms with Crippen LogP contribution in [0, 0.1) is 10.8 Å². The molecule has 0 spiro atoms. The first kappa shape index (κ1) is 10.5. The molecule has 0 aliphatic heterocycles. The molecule has 0 heterocycles. The van der Waals surface area contributed by atoms with Gasteiger partial charge in [0.15, 0.2) is 0 Å². The average molecular weight is 268 g/mol. The van der Waals surface area contributed by atoms with Crippen LogP contribution in [0.15, 0.2) is 0 Å². The van der Waals surface area contributed by atoms with E-state index in [2.05, 4.69) is 42.6 Å². The molecule has 0 aliphatic carbocycles. The second kappa shape index (κ2) is 9.52. The van der Waals surface area contributed by atoms with Gasteiger partial charge in [0.25, 0.3) is 0 Å². The lowest BCUT2D eigenvalue weighted by Crippen LogP contribution is -1.77. The van der Waals surface area contributed by atoms with Gasteiger partial charge >= 0.3 is 0 Å². The quantitative estimate of drug-likeness (QED) is 0.405. The molecule has 0 N–H and O–H groups in total. The lowest BCUT2D eigenvalue weighted by molar-refractivity contribution is 0.685. The molecule has 58 valence electrons. The van der Waals surface area contributed by atoms with Crippen molar-refractivity contribution < 1.29 is 0 Å². The van der Waals surface area contributed by atoms with Gasteiger partial charge in [-0.25, -0.2) is 0 Å². The van der Waals surface area contributed by atoms with E-state index in [0.29, 0.717) is 0 Å². The van der Waals surface area contributed by atoms with Gasteiger partial charge in [-0.05, 0) is 17.7 Å². The van der Waals surface area contributed by atoms with Crippen LogP contribution in [0.25, 0.3) is 0 Å². The van der Waals surface area contributed by atoms with Gasteiger partial charge in [0.05, 0.1) is 0 Å². The Balaban J connectivity index is 2.82. The molecule has 0 aromatic heterocycles. The number of rotatable bonds is 5. The molecule has 0 amide bonds. The zero-order chi connectivity index (χ0) is 7.66. The largest absolute Gasteiger partial charge is 0.0928 e. The minimum Gasteiger partial charge on any atom is -0.0928 e. The van der Waals surface area contributed by atoms with Crippen LogP contribution < -0.4 is 0 Å². The Morgan fingerprint density at radius 2 is 1.70 bits per heavy atom. The molecule has 2 heteroatoms. The van der Waals surface area contributed by atoms with E-state index in [1.165, 1.54) is 25.7 Å². The van der Waals surface area contributed by atoms with E-state index in [-0.39, 0.29) is 0 Å². The Labute approximate surface area is 80.0 Å². The summed E-state index contributed by atoms with van der Waals surface area (Å²) in [6.45, 7) is 0. The fourth-order valence-electron chi connectivity index (χ4n) is 0.709. The first-order valence-corrected chi connectivity index (χ1v) is 5.47. The van der Waals surface area contributed by atoms with Gasteiger partial charge in [-0.3, -0.25) is 0 Å². The molecule has 0 bridgehead atoms. The maximum atomic E-state index is 3.40. The van der Waals surface area contributed by atoms with Crippen LogP contribution in [-0.4, -0.2) is 5.33 Å². The summed E-state index contributed by atoms with van der Waals surface area (Å²) in [5.74, 6) is 2.98. The van der Waals surface area contributed by atoms with Crippen LogP contribution in [0.2, 0.25) is 0 Å². The van der Waals surface area contributed by atoms with Crippen LogP contribution in [-0.2, 0) is 0 Å². The molecular weight excluding hydrogens is 256 g/mol. The van der Waals surface area contributed by atoms with Crippen molar-refractivity contribution in [1.29, 1.82) is 0 Å². The van der Waals surface area contributed by atoms with Crippen LogP contribution in [0.1, 0.15) is 32.1 Å². The molecule has 0 aliphatic rings. The summed E-state index contributed by atoms with van der Waals surface area (Å²) in [5, 5.41) is 1.14. The van der Waals surface area contributed by atoms with Gasteiger partial charge in [-0.1, -0.05) is 34.7 Å². The molecule has 0 unspecified atom stereocenters. The smallest absolute Gasteiger partial charge is 0.0106 e. The Morgan fingerprint density at radius 3 is 2.30 bits per heavy atom. The van der Waals surface area contributed by atoms with Gasteiger partial charge in [-0.15, -0.1) is 0 Å². The van der Waals surface area contributed by atoms with Crippen molar-refractivity contribution in [3.8, 4) is 10.8 Å². The lowest BCUT2D eigenvalue weighted by Gasteiger charge is -1.93. The second-order valence-corrected chi connectivity index (χ2v) is 3.31. The SMILES string of the molecule is BrC#CCCCCCCBr. The number of hydrogen-bond donors (Lipinski definition) is 0. The van der Waals surface area contributed by atoms with Crippen molar-refractivity contribution in [2.24, 2.45) is 0 Å². The molecule has 0 radical (unpaired) electrons. The average Bonchev–Trinajstić information content (AvgIpc) is 1.97. The van der Waals surface area contributed by atoms with E-state index < -0.39 is 0 Å². The normalized spacial score (nSPS) is 8.60. The Bertz CT molecular complexity index is 110. The summed E-state index contributed by atoms with van der Waals surface area (Å²) in [6, 6.07) is 0. The zero-order valence-electron chi connectivity index (χ0n) is 6.00. The second-order valence-electron chi connectivity index (χ2n) is 2.12. The summed E-state index contributed by atoms with van der Waals surface area (Å²) < 4.78 is 0. The molecule has 0 fully saturated rings. The highest BCUT2D eigenvalue weighted by Crippen LogP contribution is 2.03. The van der Waals surface area contributed by atoms with Crippen molar-refractivity contribution in [3.05, 3.63) is 0 Å². The summed E-state index contributed by atoms with van der Waals surface area (Å²) in [7, 11) is 0. The van der Waals surface area contributed by atoms with Gasteiger partial charge in [0.1, 0.15) is 0 Å². The predicted octanol–water partition coefficient (Wildman–Crippen LogP) is 3.69. The molecule has 0 aromatic rings. The van der Waals surface area contributed by atoms with Gasteiger partial charge in [0, 0.05) is 27.7 Å². The number of alkyl halides is 1. The van der Waals surface area contributed by atoms with Gasteiger partial charge < -0.3 is 0 Å². The highest BCUT2D eigenvalue weighted by molar-refractivity contribution is 9.12. The molecule has 0 nitrogen and oxygen atoms in total. The Kier molecular flexibility index (Phi) is 10.0. The summed E-state index contributed by atoms with van der Waals surface area (Å²) in [4.78, 5) is 2.71. The molecule has 0 saturated carbocycles. The predicted molar refractivity (Wildman–Crippen MR) is 53.6 cm³/mol. The van der Waals surface area contributed by atoms with Crippen molar-refractivity contribution >= 4 is 31.9 Å². The summed E-state index contributed by atoms with van der Waals surface area (Å²) in [5.41, 5.74) is 0. The Hall–Kier alpha value is 0.520. The maximum Gasteiger partial charge on any atom is 0.0106 e. The third-order valence-corrected chi connectivity index (χ3v) is 2.09. The fourth-order valence-corrected chi connectivity index (χ4v) is 1.30. The summed E-state index contributed by atoms with van der Waals surface area (Å²) in [6.07, 6.45) is 6.21. The maximum absolute atomic E-state index is 3.40. The minimum atomic E-state index is 1.04. The van der Waals surface area contributed by atoms with E-state index in [1.54, 1.807) is 0 Å². The molecule has 0 atom stereocenters. The standard InChI is InChI=1S/C8H12Br2/c9-7-5-3-1-2-4-6-8-10/h1-5,7H2. The van der Waals surface area contributed by atoms with Crippen molar-refractivity contribution in [2.45, 2.75) is 32.1 Å². The first-order valence-electron chi connectivity index (χ1n) is 3.56. The van der Waals surface area contributed by atoms with E-state index in [9.17, 15) is 0 Å². The van der Waals surface area contributed by atoms with E-state index in [0.717, 1.165) is 11.8 Å². The lowest BCUT2D eigenvalue weighted by atomic mass is 10.2. The zero-order valence-corrected chi connectivity index (χ0v) is 9.17. The van der Waals surface area contributed by atoms with Crippen molar-refractivity contribution in [2.75, 3.05) is 5.33 Å². The van der Waals surface area contributed by atoms with Crippen LogP contribution in [0.4, 0.5) is 0 Å². The molecule has 0 saturated heterocycles. The monoisotopic (exact) mass is 266 g/mol. The number of unbranched alkanes of at least 4 members (excludes halogenated alkanes) is 4. The highest BCUT2D eigenvalue weighted by atomic mass is 79.9. The van der Waals surface area contributed by atoms with Crippen LogP contribution in [0.5, 0.6) is 0 Å². The number of halogens is 2. The van der Waals surface area contributed by atoms with Crippen molar-refractivity contribution in [1.82, 2.24) is 0 Å². The van der Waals surface area contributed by atoms with E-state index in [4.69, 9.17) is 0 Å². The summed E-state index contributed by atoms with van der Waals surface area (Å²) >= 11 is 6.46. The molecular formula is C8H12Br2. The fraction of sp³-hybridized carbons (Fsp3) is 0.750. The molecule has 10 heavy (non-hydrogen) atoms. The van der Waals surface area contributed by atoms with Crippen molar-refractivity contribution in [3.63, 3.8) is 0 Å². The highest BCUT2D eigenvalue weighted by Gasteiger charge is 1.85. The first-order chi connectivity index (χ1) is 4.91. The van der Waals surface area contributed by atoms with Crippen LogP contribution in [0.3, 0.4) is 0 Å². The van der Waals surface area contributed by atoms with E-state index in [1.807, 2.05) is 0 Å². The third kappa shape index (κ3) is 8.52. The third-order valence-electron chi connectivity index (χ3n) is 1.25. The van der Waals surface area contributed by atoms with Crippen LogP contribution >= 0.6 is 31.9 Å². The van der Waals surface area contributed by atoms with E-state index >= 15 is 0 Å². The number of hydrogen-bond acceptors (Lipinski definition) is 0. The molecule has 0 rings (SSSR count). The minimum absolute atomic E-state index is 1.04. The topological polar surface area (TPSA) is 0 Å². The Morgan fingerprint density at radius 1 is 1.00 bits per heavy atom.